The molecule has 0 aliphatic heterocycles. The van der Waals surface area contributed by atoms with Gasteiger partial charge in [0.1, 0.15) is 5.82 Å². The maximum absolute atomic E-state index is 13.6. The second-order valence-corrected chi connectivity index (χ2v) is 5.65. The van der Waals surface area contributed by atoms with E-state index < -0.39 is 0 Å². The fraction of sp³-hybridized carbons (Fsp3) is 0.294. The van der Waals surface area contributed by atoms with Crippen LogP contribution in [0, 0.1) is 26.6 Å². The van der Waals surface area contributed by atoms with E-state index in [-0.39, 0.29) is 5.82 Å². The standard InChI is InChI=1S/C17H19ClFN/c1-11-8-16(18)5-4-15(11)10-20-9-14-6-12(2)17(19)13(3)7-14/h4-8,20H,9-10H2,1-3H3. The number of nitrogens with one attached hydrogen (secondary N) is 1. The van der Waals surface area contributed by atoms with Crippen molar-refractivity contribution in [2.75, 3.05) is 0 Å². The first-order valence-electron chi connectivity index (χ1n) is 6.68. The molecule has 0 atom stereocenters. The summed E-state index contributed by atoms with van der Waals surface area (Å²) in [5.41, 5.74) is 4.91. The highest BCUT2D eigenvalue weighted by molar-refractivity contribution is 6.30. The molecule has 0 aliphatic carbocycles. The fourth-order valence-electron chi connectivity index (χ4n) is 2.34. The van der Waals surface area contributed by atoms with Crippen molar-refractivity contribution in [3.63, 3.8) is 0 Å². The minimum atomic E-state index is -0.109. The molecule has 0 heterocycles. The zero-order chi connectivity index (χ0) is 14.7. The van der Waals surface area contributed by atoms with E-state index in [1.165, 1.54) is 11.1 Å². The number of halogens is 2. The summed E-state index contributed by atoms with van der Waals surface area (Å²) in [6.07, 6.45) is 0. The normalized spacial score (nSPS) is 10.8. The Morgan fingerprint density at radius 1 is 0.950 bits per heavy atom. The van der Waals surface area contributed by atoms with E-state index in [4.69, 9.17) is 11.6 Å². The molecule has 0 aromatic heterocycles. The van der Waals surface area contributed by atoms with Gasteiger partial charge in [0, 0.05) is 18.1 Å². The predicted octanol–water partition coefficient (Wildman–Crippen LogP) is 4.69. The third-order valence-corrected chi connectivity index (χ3v) is 3.68. The van der Waals surface area contributed by atoms with Crippen molar-refractivity contribution < 1.29 is 4.39 Å². The van der Waals surface area contributed by atoms with Crippen LogP contribution in [0.25, 0.3) is 0 Å². The molecule has 0 unspecified atom stereocenters. The Morgan fingerprint density at radius 3 is 2.20 bits per heavy atom. The van der Waals surface area contributed by atoms with Gasteiger partial charge in [-0.05, 0) is 60.7 Å². The Morgan fingerprint density at radius 2 is 1.60 bits per heavy atom. The van der Waals surface area contributed by atoms with Gasteiger partial charge in [-0.2, -0.15) is 0 Å². The lowest BCUT2D eigenvalue weighted by Crippen LogP contribution is -2.14. The highest BCUT2D eigenvalue weighted by Gasteiger charge is 2.04. The maximum atomic E-state index is 13.6. The number of rotatable bonds is 4. The summed E-state index contributed by atoms with van der Waals surface area (Å²) in [6.45, 7) is 7.15. The van der Waals surface area contributed by atoms with Gasteiger partial charge < -0.3 is 5.32 Å². The van der Waals surface area contributed by atoms with E-state index in [1.54, 1.807) is 13.8 Å². The fourth-order valence-corrected chi connectivity index (χ4v) is 2.56. The van der Waals surface area contributed by atoms with Gasteiger partial charge >= 0.3 is 0 Å². The van der Waals surface area contributed by atoms with Crippen molar-refractivity contribution in [1.29, 1.82) is 0 Å². The molecule has 0 radical (unpaired) electrons. The van der Waals surface area contributed by atoms with E-state index in [2.05, 4.69) is 12.2 Å². The van der Waals surface area contributed by atoms with Crippen LogP contribution in [0.5, 0.6) is 0 Å². The van der Waals surface area contributed by atoms with Gasteiger partial charge in [-0.25, -0.2) is 4.39 Å². The van der Waals surface area contributed by atoms with Crippen LogP contribution in [0.2, 0.25) is 5.02 Å². The van der Waals surface area contributed by atoms with Gasteiger partial charge in [-0.3, -0.25) is 0 Å². The maximum Gasteiger partial charge on any atom is 0.129 e. The SMILES string of the molecule is Cc1cc(Cl)ccc1CNCc1cc(C)c(F)c(C)c1. The highest BCUT2D eigenvalue weighted by Crippen LogP contribution is 2.16. The molecule has 3 heteroatoms. The van der Waals surface area contributed by atoms with Crippen molar-refractivity contribution in [2.24, 2.45) is 0 Å². The minimum Gasteiger partial charge on any atom is -0.309 e. The van der Waals surface area contributed by atoms with Gasteiger partial charge in [-0.15, -0.1) is 0 Å². The van der Waals surface area contributed by atoms with Crippen LogP contribution >= 0.6 is 11.6 Å². The molecule has 0 amide bonds. The van der Waals surface area contributed by atoms with Gasteiger partial charge in [0.25, 0.3) is 0 Å². The zero-order valence-electron chi connectivity index (χ0n) is 12.1. The first kappa shape index (κ1) is 15.0. The lowest BCUT2D eigenvalue weighted by molar-refractivity contribution is 0.606. The van der Waals surface area contributed by atoms with Crippen molar-refractivity contribution in [3.8, 4) is 0 Å². The van der Waals surface area contributed by atoms with Crippen molar-refractivity contribution in [3.05, 3.63) is 69.0 Å². The van der Waals surface area contributed by atoms with Crippen molar-refractivity contribution in [2.45, 2.75) is 33.9 Å². The van der Waals surface area contributed by atoms with Crippen LogP contribution < -0.4 is 5.32 Å². The van der Waals surface area contributed by atoms with E-state index in [0.717, 1.165) is 23.7 Å². The van der Waals surface area contributed by atoms with Gasteiger partial charge in [0.2, 0.25) is 0 Å². The Balaban J connectivity index is 1.99. The Labute approximate surface area is 124 Å². The molecule has 2 aromatic carbocycles. The highest BCUT2D eigenvalue weighted by atomic mass is 35.5. The molecular formula is C17H19ClFN. The molecule has 2 aromatic rings. The first-order chi connectivity index (χ1) is 9.47. The molecule has 0 bridgehead atoms. The summed E-state index contributed by atoms with van der Waals surface area (Å²) >= 11 is 5.94. The van der Waals surface area contributed by atoms with Crippen molar-refractivity contribution in [1.82, 2.24) is 5.32 Å². The zero-order valence-corrected chi connectivity index (χ0v) is 12.8. The van der Waals surface area contributed by atoms with Crippen LogP contribution in [0.4, 0.5) is 4.39 Å². The lowest BCUT2D eigenvalue weighted by atomic mass is 10.1. The summed E-state index contributed by atoms with van der Waals surface area (Å²) < 4.78 is 13.6. The summed E-state index contributed by atoms with van der Waals surface area (Å²) in [7, 11) is 0. The second-order valence-electron chi connectivity index (χ2n) is 5.22. The van der Waals surface area contributed by atoms with Crippen LogP contribution in [-0.4, -0.2) is 0 Å². The van der Waals surface area contributed by atoms with Crippen LogP contribution in [0.3, 0.4) is 0 Å². The Kier molecular flexibility index (Phi) is 4.79. The molecule has 20 heavy (non-hydrogen) atoms. The number of benzene rings is 2. The number of hydrogen-bond acceptors (Lipinski definition) is 1. The molecule has 106 valence electrons. The summed E-state index contributed by atoms with van der Waals surface area (Å²) in [5, 5.41) is 4.15. The van der Waals surface area contributed by atoms with Crippen molar-refractivity contribution >= 4 is 11.6 Å². The molecule has 0 saturated carbocycles. The molecule has 0 fully saturated rings. The Bertz CT molecular complexity index is 599. The molecule has 2 rings (SSSR count). The third-order valence-electron chi connectivity index (χ3n) is 3.45. The van der Waals surface area contributed by atoms with Crippen LogP contribution in [-0.2, 0) is 13.1 Å². The minimum absolute atomic E-state index is 0.109. The number of aryl methyl sites for hydroxylation is 3. The molecule has 0 saturated heterocycles. The average Bonchev–Trinajstić information content (AvgIpc) is 2.38. The van der Waals surface area contributed by atoms with Crippen LogP contribution in [0.15, 0.2) is 30.3 Å². The quantitative estimate of drug-likeness (QED) is 0.861. The topological polar surface area (TPSA) is 12.0 Å². The monoisotopic (exact) mass is 291 g/mol. The van der Waals surface area contributed by atoms with Gasteiger partial charge in [-0.1, -0.05) is 29.8 Å². The third kappa shape index (κ3) is 3.59. The summed E-state index contributed by atoms with van der Waals surface area (Å²) in [6, 6.07) is 9.68. The van der Waals surface area contributed by atoms with Gasteiger partial charge in [0.05, 0.1) is 0 Å². The van der Waals surface area contributed by atoms with Gasteiger partial charge in [0.15, 0.2) is 0 Å². The smallest absolute Gasteiger partial charge is 0.129 e. The molecule has 1 nitrogen and oxygen atoms in total. The van der Waals surface area contributed by atoms with E-state index in [0.29, 0.717) is 11.1 Å². The average molecular weight is 292 g/mol. The van der Waals surface area contributed by atoms with E-state index in [1.807, 2.05) is 30.3 Å². The molecular weight excluding hydrogens is 273 g/mol. The van der Waals surface area contributed by atoms with E-state index >= 15 is 0 Å². The first-order valence-corrected chi connectivity index (χ1v) is 7.06. The van der Waals surface area contributed by atoms with Crippen LogP contribution in [0.1, 0.15) is 27.8 Å². The number of hydrogen-bond donors (Lipinski definition) is 1. The lowest BCUT2D eigenvalue weighted by Gasteiger charge is -2.10. The summed E-state index contributed by atoms with van der Waals surface area (Å²) in [4.78, 5) is 0. The molecule has 0 aliphatic rings. The summed E-state index contributed by atoms with van der Waals surface area (Å²) in [5.74, 6) is -0.109. The van der Waals surface area contributed by atoms with E-state index in [9.17, 15) is 4.39 Å². The Hall–Kier alpha value is -1.38. The second kappa shape index (κ2) is 6.38. The molecule has 0 spiro atoms. The predicted molar refractivity (Wildman–Crippen MR) is 82.6 cm³/mol. The largest absolute Gasteiger partial charge is 0.309 e. The molecule has 1 N–H and O–H groups in total.